The minimum Gasteiger partial charge on any atom is -0.497 e. The van der Waals surface area contributed by atoms with E-state index in [9.17, 15) is 4.79 Å². The molecule has 20 heavy (non-hydrogen) atoms. The number of nitrogens with zero attached hydrogens (tertiary/aromatic N) is 1. The van der Waals surface area contributed by atoms with Crippen LogP contribution in [0, 0.1) is 0 Å². The molecule has 0 bridgehead atoms. The molecule has 0 radical (unpaired) electrons. The normalized spacial score (nSPS) is 10.1. The van der Waals surface area contributed by atoms with Crippen LogP contribution in [0.2, 0.25) is 5.02 Å². The molecule has 2 rings (SSSR count). The molecule has 6 heteroatoms. The van der Waals surface area contributed by atoms with Gasteiger partial charge in [-0.2, -0.15) is 0 Å². The average molecular weight is 293 g/mol. The Bertz CT molecular complexity index is 614. The van der Waals surface area contributed by atoms with Gasteiger partial charge < -0.3 is 15.2 Å². The smallest absolute Gasteiger partial charge is 0.337 e. The first-order valence-electron chi connectivity index (χ1n) is 5.86. The van der Waals surface area contributed by atoms with Crippen LogP contribution in [-0.4, -0.2) is 23.2 Å². The zero-order chi connectivity index (χ0) is 14.5. The van der Waals surface area contributed by atoms with E-state index < -0.39 is 5.97 Å². The first-order chi connectivity index (χ1) is 9.60. The summed E-state index contributed by atoms with van der Waals surface area (Å²) in [6.07, 6.45) is 1.32. The molecule has 2 N–H and O–H groups in total. The minimum atomic E-state index is -1.08. The molecule has 2 aromatic rings. The Balaban J connectivity index is 2.06. The quantitative estimate of drug-likeness (QED) is 0.886. The number of aromatic nitrogens is 1. The van der Waals surface area contributed by atoms with Gasteiger partial charge in [-0.1, -0.05) is 23.7 Å². The average Bonchev–Trinajstić information content (AvgIpc) is 2.46. The fraction of sp³-hybridized carbons (Fsp3) is 0.143. The van der Waals surface area contributed by atoms with Crippen molar-refractivity contribution in [3.63, 3.8) is 0 Å². The largest absolute Gasteiger partial charge is 0.497 e. The maximum absolute atomic E-state index is 11.0. The van der Waals surface area contributed by atoms with Crippen molar-refractivity contribution in [1.29, 1.82) is 0 Å². The number of pyridine rings is 1. The van der Waals surface area contributed by atoms with Crippen LogP contribution in [0.1, 0.15) is 15.9 Å². The molecule has 0 spiro atoms. The van der Waals surface area contributed by atoms with E-state index in [1.165, 1.54) is 12.3 Å². The second-order valence-corrected chi connectivity index (χ2v) is 4.46. The molecule has 0 saturated heterocycles. The molecule has 0 amide bonds. The molecule has 0 aliphatic rings. The standard InChI is InChI=1S/C14H13ClN2O3/c1-20-10-4-2-9(3-5-10)7-16-13-6-11(14(18)19)12(15)8-17-13/h2-6,8H,7H2,1H3,(H,16,17)(H,18,19). The van der Waals surface area contributed by atoms with Gasteiger partial charge in [0.05, 0.1) is 17.7 Å². The molecule has 0 fully saturated rings. The number of anilines is 1. The zero-order valence-corrected chi connectivity index (χ0v) is 11.5. The third-order valence-corrected chi connectivity index (χ3v) is 3.02. The van der Waals surface area contributed by atoms with Crippen LogP contribution in [0.15, 0.2) is 36.5 Å². The topological polar surface area (TPSA) is 71.5 Å². The van der Waals surface area contributed by atoms with Crippen LogP contribution in [0.4, 0.5) is 5.82 Å². The van der Waals surface area contributed by atoms with Crippen molar-refractivity contribution in [2.24, 2.45) is 0 Å². The molecule has 1 heterocycles. The summed E-state index contributed by atoms with van der Waals surface area (Å²) in [4.78, 5) is 15.0. The maximum Gasteiger partial charge on any atom is 0.337 e. The fourth-order valence-corrected chi connectivity index (χ4v) is 1.82. The first-order valence-corrected chi connectivity index (χ1v) is 6.23. The van der Waals surface area contributed by atoms with E-state index in [2.05, 4.69) is 10.3 Å². The van der Waals surface area contributed by atoms with Crippen molar-refractivity contribution in [2.75, 3.05) is 12.4 Å². The molecule has 5 nitrogen and oxygen atoms in total. The molecule has 0 atom stereocenters. The number of ether oxygens (including phenoxy) is 1. The summed E-state index contributed by atoms with van der Waals surface area (Å²) in [6, 6.07) is 8.96. The van der Waals surface area contributed by atoms with Gasteiger partial charge in [0.15, 0.2) is 0 Å². The fourth-order valence-electron chi connectivity index (χ4n) is 1.64. The Morgan fingerprint density at radius 3 is 2.70 bits per heavy atom. The van der Waals surface area contributed by atoms with Crippen LogP contribution < -0.4 is 10.1 Å². The summed E-state index contributed by atoms with van der Waals surface area (Å²) in [7, 11) is 1.61. The molecule has 0 aliphatic heterocycles. The van der Waals surface area contributed by atoms with Crippen molar-refractivity contribution in [3.8, 4) is 5.75 Å². The zero-order valence-electron chi connectivity index (χ0n) is 10.8. The molecular weight excluding hydrogens is 280 g/mol. The lowest BCUT2D eigenvalue weighted by Crippen LogP contribution is -2.04. The highest BCUT2D eigenvalue weighted by Gasteiger charge is 2.10. The Labute approximate surface area is 121 Å². The maximum atomic E-state index is 11.0. The Morgan fingerprint density at radius 1 is 1.40 bits per heavy atom. The Kier molecular flexibility index (Phi) is 4.42. The third-order valence-electron chi connectivity index (χ3n) is 2.72. The van der Waals surface area contributed by atoms with E-state index in [4.69, 9.17) is 21.4 Å². The van der Waals surface area contributed by atoms with Crippen molar-refractivity contribution in [2.45, 2.75) is 6.54 Å². The predicted octanol–water partition coefficient (Wildman–Crippen LogP) is 3.05. The van der Waals surface area contributed by atoms with Gasteiger partial charge >= 0.3 is 5.97 Å². The lowest BCUT2D eigenvalue weighted by molar-refractivity contribution is 0.0697. The van der Waals surface area contributed by atoms with E-state index in [1.54, 1.807) is 7.11 Å². The summed E-state index contributed by atoms with van der Waals surface area (Å²) < 4.78 is 5.07. The number of hydrogen-bond donors (Lipinski definition) is 2. The minimum absolute atomic E-state index is 0.0268. The van der Waals surface area contributed by atoms with Crippen molar-refractivity contribution >= 4 is 23.4 Å². The number of benzene rings is 1. The number of aromatic carboxylic acids is 1. The predicted molar refractivity (Wildman–Crippen MR) is 76.5 cm³/mol. The van der Waals surface area contributed by atoms with Gasteiger partial charge in [0.2, 0.25) is 0 Å². The molecule has 0 aliphatic carbocycles. The van der Waals surface area contributed by atoms with Gasteiger partial charge in [-0.3, -0.25) is 0 Å². The summed E-state index contributed by atoms with van der Waals surface area (Å²) in [5, 5.41) is 12.1. The Hall–Kier alpha value is -2.27. The number of rotatable bonds is 5. The van der Waals surface area contributed by atoms with E-state index in [-0.39, 0.29) is 10.6 Å². The Morgan fingerprint density at radius 2 is 2.10 bits per heavy atom. The molecule has 1 aromatic heterocycles. The van der Waals surface area contributed by atoms with Crippen LogP contribution in [0.25, 0.3) is 0 Å². The number of carbonyl (C=O) groups is 1. The van der Waals surface area contributed by atoms with Crippen LogP contribution in [0.5, 0.6) is 5.75 Å². The molecule has 0 saturated carbocycles. The van der Waals surface area contributed by atoms with Crippen molar-refractivity contribution < 1.29 is 14.6 Å². The lowest BCUT2D eigenvalue weighted by atomic mass is 10.2. The second-order valence-electron chi connectivity index (χ2n) is 4.06. The lowest BCUT2D eigenvalue weighted by Gasteiger charge is -2.08. The summed E-state index contributed by atoms with van der Waals surface area (Å²) in [6.45, 7) is 0.525. The number of carboxylic acid groups (broad SMARTS) is 1. The van der Waals surface area contributed by atoms with Gasteiger partial charge in [0.1, 0.15) is 11.6 Å². The molecule has 104 valence electrons. The first kappa shape index (κ1) is 14.1. The number of nitrogens with one attached hydrogen (secondary N) is 1. The van der Waals surface area contributed by atoms with Gasteiger partial charge in [0, 0.05) is 12.7 Å². The van der Waals surface area contributed by atoms with E-state index in [0.29, 0.717) is 12.4 Å². The second kappa shape index (κ2) is 6.25. The van der Waals surface area contributed by atoms with Gasteiger partial charge in [-0.25, -0.2) is 9.78 Å². The number of halogens is 1. The van der Waals surface area contributed by atoms with Gasteiger partial charge in [-0.05, 0) is 23.8 Å². The monoisotopic (exact) mass is 292 g/mol. The summed E-state index contributed by atoms with van der Waals surface area (Å²) in [5.74, 6) is 0.166. The SMILES string of the molecule is COc1ccc(CNc2cc(C(=O)O)c(Cl)cn2)cc1. The third kappa shape index (κ3) is 3.39. The highest BCUT2D eigenvalue weighted by Crippen LogP contribution is 2.19. The van der Waals surface area contributed by atoms with Gasteiger partial charge in [-0.15, -0.1) is 0 Å². The van der Waals surface area contributed by atoms with Crippen LogP contribution in [-0.2, 0) is 6.54 Å². The van der Waals surface area contributed by atoms with Crippen molar-refractivity contribution in [3.05, 3.63) is 52.7 Å². The van der Waals surface area contributed by atoms with E-state index >= 15 is 0 Å². The summed E-state index contributed by atoms with van der Waals surface area (Å²) >= 11 is 5.76. The summed E-state index contributed by atoms with van der Waals surface area (Å²) in [5.41, 5.74) is 1.05. The van der Waals surface area contributed by atoms with Gasteiger partial charge in [0.25, 0.3) is 0 Å². The van der Waals surface area contributed by atoms with Crippen LogP contribution in [0.3, 0.4) is 0 Å². The van der Waals surface area contributed by atoms with Crippen molar-refractivity contribution in [1.82, 2.24) is 4.98 Å². The number of hydrogen-bond acceptors (Lipinski definition) is 4. The molecule has 1 aromatic carbocycles. The number of carboxylic acids is 1. The molecule has 0 unspecified atom stereocenters. The van der Waals surface area contributed by atoms with E-state index in [0.717, 1.165) is 11.3 Å². The molecular formula is C14H13ClN2O3. The highest BCUT2D eigenvalue weighted by molar-refractivity contribution is 6.33. The van der Waals surface area contributed by atoms with E-state index in [1.807, 2.05) is 24.3 Å². The van der Waals surface area contributed by atoms with Crippen LogP contribution >= 0.6 is 11.6 Å². The number of methoxy groups -OCH3 is 1. The highest BCUT2D eigenvalue weighted by atomic mass is 35.5.